The van der Waals surface area contributed by atoms with E-state index in [4.69, 9.17) is 10.7 Å². The number of benzene rings is 2. The van der Waals surface area contributed by atoms with Crippen LogP contribution in [0.25, 0.3) is 11.0 Å². The fourth-order valence-electron chi connectivity index (χ4n) is 3.94. The highest BCUT2D eigenvalue weighted by molar-refractivity contribution is 5.89. The molecule has 8 heteroatoms. The highest BCUT2D eigenvalue weighted by atomic mass is 16.2. The minimum absolute atomic E-state index is 0.177. The summed E-state index contributed by atoms with van der Waals surface area (Å²) in [5.41, 5.74) is 8.04. The molecule has 2 aromatic carbocycles. The lowest BCUT2D eigenvalue weighted by Gasteiger charge is -2.32. The summed E-state index contributed by atoms with van der Waals surface area (Å²) in [6.45, 7) is 1.42. The number of para-hydroxylation sites is 2. The Kier molecular flexibility index (Phi) is 6.26. The maximum atomic E-state index is 13.0. The number of anilines is 1. The van der Waals surface area contributed by atoms with E-state index in [1.54, 1.807) is 0 Å². The third-order valence-corrected chi connectivity index (χ3v) is 5.75. The summed E-state index contributed by atoms with van der Waals surface area (Å²) < 4.78 is 0. The van der Waals surface area contributed by atoms with E-state index >= 15 is 0 Å². The molecular formula is C24H24N6O2. The molecule has 1 aliphatic rings. The quantitative estimate of drug-likeness (QED) is 0.620. The van der Waals surface area contributed by atoms with Gasteiger partial charge in [0.05, 0.1) is 17.1 Å². The smallest absolute Gasteiger partial charge is 0.243 e. The van der Waals surface area contributed by atoms with E-state index in [1.807, 2.05) is 59.5 Å². The number of carbonyl (C=O) groups is 2. The Morgan fingerprint density at radius 3 is 2.31 bits per heavy atom. The van der Waals surface area contributed by atoms with Crippen molar-refractivity contribution in [1.29, 1.82) is 5.26 Å². The first kappa shape index (κ1) is 21.2. The molecule has 0 spiro atoms. The third-order valence-electron chi connectivity index (χ3n) is 5.75. The van der Waals surface area contributed by atoms with Gasteiger partial charge in [-0.15, -0.1) is 0 Å². The third kappa shape index (κ3) is 4.52. The largest absolute Gasteiger partial charge is 0.369 e. The summed E-state index contributed by atoms with van der Waals surface area (Å²) in [7, 11) is 0. The minimum Gasteiger partial charge on any atom is -0.369 e. The van der Waals surface area contributed by atoms with Crippen molar-refractivity contribution in [3.63, 3.8) is 0 Å². The van der Waals surface area contributed by atoms with E-state index in [0.29, 0.717) is 55.0 Å². The Balaban J connectivity index is 1.64. The summed E-state index contributed by atoms with van der Waals surface area (Å²) in [6, 6.07) is 19.0. The van der Waals surface area contributed by atoms with Gasteiger partial charge in [-0.05, 0) is 30.5 Å². The summed E-state index contributed by atoms with van der Waals surface area (Å²) in [4.78, 5) is 35.9. The highest BCUT2D eigenvalue weighted by Gasteiger charge is 2.31. The molecule has 0 bridgehead atoms. The molecule has 32 heavy (non-hydrogen) atoms. The molecule has 1 atom stereocenters. The molecule has 0 aliphatic carbocycles. The van der Waals surface area contributed by atoms with E-state index in [9.17, 15) is 14.9 Å². The van der Waals surface area contributed by atoms with Crippen LogP contribution >= 0.6 is 0 Å². The number of amides is 2. The summed E-state index contributed by atoms with van der Waals surface area (Å²) in [5, 5.41) is 12.7. The first-order valence-corrected chi connectivity index (χ1v) is 10.6. The van der Waals surface area contributed by atoms with Crippen molar-refractivity contribution in [3.05, 3.63) is 65.9 Å². The van der Waals surface area contributed by atoms with E-state index in [2.05, 4.69) is 16.4 Å². The number of nitrogens with zero attached hydrogens (tertiary/aromatic N) is 4. The molecule has 1 fully saturated rings. The van der Waals surface area contributed by atoms with Gasteiger partial charge in [0.25, 0.3) is 0 Å². The maximum Gasteiger partial charge on any atom is 0.243 e. The second kappa shape index (κ2) is 9.43. The zero-order valence-electron chi connectivity index (χ0n) is 17.6. The first-order chi connectivity index (χ1) is 15.6. The number of fused-ring (bicyclic) bond motifs is 1. The van der Waals surface area contributed by atoms with Gasteiger partial charge in [-0.25, -0.2) is 9.97 Å². The van der Waals surface area contributed by atoms with Gasteiger partial charge in [0.15, 0.2) is 11.7 Å². The maximum absolute atomic E-state index is 13.0. The minimum atomic E-state index is -1.11. The SMILES string of the molecule is N#CC(C(=O)NCc1ccccc1)c1nc2ccccc2nc1N1CCC(C(N)=O)CC1. The highest BCUT2D eigenvalue weighted by Crippen LogP contribution is 2.30. The molecule has 1 unspecified atom stereocenters. The Labute approximate surface area is 186 Å². The number of primary amides is 1. The molecule has 8 nitrogen and oxygen atoms in total. The van der Waals surface area contributed by atoms with Crippen LogP contribution in [-0.4, -0.2) is 34.9 Å². The Morgan fingerprint density at radius 1 is 1.06 bits per heavy atom. The Hall–Kier alpha value is -3.99. The molecule has 2 amide bonds. The second-order valence-corrected chi connectivity index (χ2v) is 7.85. The molecular weight excluding hydrogens is 404 g/mol. The number of nitriles is 1. The molecule has 1 aromatic heterocycles. The molecule has 1 saturated heterocycles. The van der Waals surface area contributed by atoms with Gasteiger partial charge >= 0.3 is 0 Å². The average molecular weight is 428 g/mol. The monoisotopic (exact) mass is 428 g/mol. The van der Waals surface area contributed by atoms with Crippen molar-refractivity contribution in [3.8, 4) is 6.07 Å². The standard InChI is InChI=1S/C24H24N6O2/c25-14-18(24(32)27-15-16-6-2-1-3-7-16)21-23(29-20-9-5-4-8-19(20)28-21)30-12-10-17(11-13-30)22(26)31/h1-9,17-18H,10-13,15H2,(H2,26,31)(H,27,32). The molecule has 0 radical (unpaired) electrons. The first-order valence-electron chi connectivity index (χ1n) is 10.6. The summed E-state index contributed by atoms with van der Waals surface area (Å²) in [5.74, 6) is -1.50. The number of rotatable bonds is 6. The number of aromatic nitrogens is 2. The van der Waals surface area contributed by atoms with Crippen LogP contribution in [0.1, 0.15) is 30.0 Å². The van der Waals surface area contributed by atoms with Gasteiger partial charge < -0.3 is 16.0 Å². The van der Waals surface area contributed by atoms with Gasteiger partial charge in [0.2, 0.25) is 11.8 Å². The van der Waals surface area contributed by atoms with Crippen LogP contribution in [0.15, 0.2) is 54.6 Å². The van der Waals surface area contributed by atoms with E-state index in [0.717, 1.165) is 5.56 Å². The molecule has 3 aromatic rings. The molecule has 4 rings (SSSR count). The van der Waals surface area contributed by atoms with Crippen LogP contribution in [0.5, 0.6) is 0 Å². The van der Waals surface area contributed by atoms with Crippen molar-refractivity contribution in [2.75, 3.05) is 18.0 Å². The predicted molar refractivity (Wildman–Crippen MR) is 120 cm³/mol. The van der Waals surface area contributed by atoms with Gasteiger partial charge in [-0.1, -0.05) is 42.5 Å². The number of carbonyl (C=O) groups excluding carboxylic acids is 2. The average Bonchev–Trinajstić information content (AvgIpc) is 2.83. The molecule has 1 aliphatic heterocycles. The van der Waals surface area contributed by atoms with Crippen molar-refractivity contribution < 1.29 is 9.59 Å². The lowest BCUT2D eigenvalue weighted by molar-refractivity contribution is -0.122. The van der Waals surface area contributed by atoms with Crippen LogP contribution in [0.3, 0.4) is 0 Å². The topological polar surface area (TPSA) is 125 Å². The zero-order valence-corrected chi connectivity index (χ0v) is 17.6. The van der Waals surface area contributed by atoms with Gasteiger partial charge in [0.1, 0.15) is 5.69 Å². The number of hydrogen-bond donors (Lipinski definition) is 2. The van der Waals surface area contributed by atoms with Gasteiger partial charge in [0, 0.05) is 25.6 Å². The van der Waals surface area contributed by atoms with Crippen molar-refractivity contribution >= 4 is 28.7 Å². The molecule has 3 N–H and O–H groups in total. The number of nitrogens with one attached hydrogen (secondary N) is 1. The molecule has 0 saturated carbocycles. The van der Waals surface area contributed by atoms with E-state index in [1.165, 1.54) is 0 Å². The number of nitrogens with two attached hydrogens (primary N) is 1. The van der Waals surface area contributed by atoms with E-state index in [-0.39, 0.29) is 11.8 Å². The van der Waals surface area contributed by atoms with Crippen molar-refractivity contribution in [1.82, 2.24) is 15.3 Å². The number of piperidine rings is 1. The fourth-order valence-corrected chi connectivity index (χ4v) is 3.94. The van der Waals surface area contributed by atoms with Crippen LogP contribution in [0.4, 0.5) is 5.82 Å². The second-order valence-electron chi connectivity index (χ2n) is 7.85. The Morgan fingerprint density at radius 2 is 1.69 bits per heavy atom. The van der Waals surface area contributed by atoms with E-state index < -0.39 is 11.8 Å². The van der Waals surface area contributed by atoms with Crippen molar-refractivity contribution in [2.24, 2.45) is 11.7 Å². The van der Waals surface area contributed by atoms with Crippen LogP contribution in [0, 0.1) is 17.2 Å². The molecule has 2 heterocycles. The summed E-state index contributed by atoms with van der Waals surface area (Å²) in [6.07, 6.45) is 1.20. The van der Waals surface area contributed by atoms with Gasteiger partial charge in [-0.3, -0.25) is 9.59 Å². The van der Waals surface area contributed by atoms with Gasteiger partial charge in [-0.2, -0.15) is 5.26 Å². The lowest BCUT2D eigenvalue weighted by Crippen LogP contribution is -2.40. The summed E-state index contributed by atoms with van der Waals surface area (Å²) >= 11 is 0. The lowest BCUT2D eigenvalue weighted by atomic mass is 9.95. The zero-order chi connectivity index (χ0) is 22.5. The molecule has 162 valence electrons. The Bertz CT molecular complexity index is 1170. The van der Waals surface area contributed by atoms with Crippen LogP contribution in [-0.2, 0) is 16.1 Å². The normalized spacial score (nSPS) is 15.2. The van der Waals surface area contributed by atoms with Crippen LogP contribution in [0.2, 0.25) is 0 Å². The number of hydrogen-bond acceptors (Lipinski definition) is 6. The van der Waals surface area contributed by atoms with Crippen molar-refractivity contribution in [2.45, 2.75) is 25.3 Å². The fraction of sp³-hybridized carbons (Fsp3) is 0.292. The predicted octanol–water partition coefficient (Wildman–Crippen LogP) is 2.26. The van der Waals surface area contributed by atoms with Crippen LogP contribution < -0.4 is 16.0 Å².